The minimum atomic E-state index is 1.07. The molecule has 1 aliphatic rings. The standard InChI is InChI=1S/C22H21N/c1-16-12-17(2)14-21(13-16)23-11-10-19-8-9-20(15-22(19)23)18-6-4-3-5-7-18/h3-9,12-15H,10-11H2,1-2H3. The maximum atomic E-state index is 2.46. The average Bonchev–Trinajstić information content (AvgIpc) is 2.98. The molecule has 1 nitrogen and oxygen atoms in total. The molecule has 0 amide bonds. The van der Waals surface area contributed by atoms with Crippen LogP contribution >= 0.6 is 0 Å². The van der Waals surface area contributed by atoms with Gasteiger partial charge in [0.2, 0.25) is 0 Å². The van der Waals surface area contributed by atoms with Crippen molar-refractivity contribution in [2.75, 3.05) is 11.4 Å². The number of benzene rings is 3. The molecule has 0 saturated carbocycles. The molecule has 0 fully saturated rings. The summed E-state index contributed by atoms with van der Waals surface area (Å²) in [6.45, 7) is 5.41. The fraction of sp³-hybridized carbons (Fsp3) is 0.182. The van der Waals surface area contributed by atoms with Gasteiger partial charge in [0.25, 0.3) is 0 Å². The molecule has 0 aromatic heterocycles. The van der Waals surface area contributed by atoms with Gasteiger partial charge < -0.3 is 4.90 Å². The van der Waals surface area contributed by atoms with E-state index < -0.39 is 0 Å². The number of hydrogen-bond acceptors (Lipinski definition) is 1. The van der Waals surface area contributed by atoms with E-state index in [4.69, 9.17) is 0 Å². The maximum absolute atomic E-state index is 2.46. The molecule has 1 heterocycles. The first-order valence-corrected chi connectivity index (χ1v) is 8.25. The normalized spacial score (nSPS) is 13.2. The van der Waals surface area contributed by atoms with Gasteiger partial charge in [-0.1, -0.05) is 48.5 Å². The van der Waals surface area contributed by atoms with E-state index in [1.807, 2.05) is 0 Å². The van der Waals surface area contributed by atoms with Crippen LogP contribution in [0.5, 0.6) is 0 Å². The molecule has 1 aliphatic heterocycles. The first-order chi connectivity index (χ1) is 11.2. The summed E-state index contributed by atoms with van der Waals surface area (Å²) in [5, 5.41) is 0. The zero-order valence-corrected chi connectivity index (χ0v) is 13.7. The molecule has 23 heavy (non-hydrogen) atoms. The maximum Gasteiger partial charge on any atom is 0.0450 e. The van der Waals surface area contributed by atoms with Crippen LogP contribution in [0.1, 0.15) is 16.7 Å². The lowest BCUT2D eigenvalue weighted by Gasteiger charge is -2.21. The second-order valence-corrected chi connectivity index (χ2v) is 6.46. The first kappa shape index (κ1) is 14.1. The van der Waals surface area contributed by atoms with E-state index in [-0.39, 0.29) is 0 Å². The van der Waals surface area contributed by atoms with E-state index in [1.165, 1.54) is 39.2 Å². The Kier molecular flexibility index (Phi) is 3.42. The molecule has 3 aromatic carbocycles. The smallest absolute Gasteiger partial charge is 0.0450 e. The Bertz CT molecular complexity index is 829. The summed E-state index contributed by atoms with van der Waals surface area (Å²) in [5.41, 5.74) is 9.34. The Hall–Kier alpha value is -2.54. The molecule has 114 valence electrons. The van der Waals surface area contributed by atoms with Crippen LogP contribution in [0.4, 0.5) is 11.4 Å². The summed E-state index contributed by atoms with van der Waals surface area (Å²) in [6, 6.07) is 24.3. The lowest BCUT2D eigenvalue weighted by atomic mass is 10.0. The van der Waals surface area contributed by atoms with E-state index in [0.717, 1.165) is 13.0 Å². The molecule has 1 heteroatoms. The number of hydrogen-bond donors (Lipinski definition) is 0. The lowest BCUT2D eigenvalue weighted by molar-refractivity contribution is 0.996. The molecular formula is C22H21N. The summed E-state index contributed by atoms with van der Waals surface area (Å²) in [4.78, 5) is 2.46. The summed E-state index contributed by atoms with van der Waals surface area (Å²) in [6.07, 6.45) is 1.12. The van der Waals surface area contributed by atoms with Crippen LogP contribution in [0.15, 0.2) is 66.7 Å². The van der Waals surface area contributed by atoms with Crippen molar-refractivity contribution in [3.8, 4) is 11.1 Å². The monoisotopic (exact) mass is 299 g/mol. The van der Waals surface area contributed by atoms with Crippen molar-refractivity contribution >= 4 is 11.4 Å². The summed E-state index contributed by atoms with van der Waals surface area (Å²) in [7, 11) is 0. The molecule has 0 atom stereocenters. The van der Waals surface area contributed by atoms with Gasteiger partial charge in [0.15, 0.2) is 0 Å². The average molecular weight is 299 g/mol. The number of aryl methyl sites for hydroxylation is 2. The third-order valence-electron chi connectivity index (χ3n) is 4.61. The van der Waals surface area contributed by atoms with Crippen LogP contribution in [-0.2, 0) is 6.42 Å². The zero-order valence-electron chi connectivity index (χ0n) is 13.7. The van der Waals surface area contributed by atoms with Crippen LogP contribution in [0.3, 0.4) is 0 Å². The van der Waals surface area contributed by atoms with E-state index in [0.29, 0.717) is 0 Å². The van der Waals surface area contributed by atoms with Gasteiger partial charge >= 0.3 is 0 Å². The Morgan fingerprint density at radius 3 is 2.22 bits per heavy atom. The highest BCUT2D eigenvalue weighted by molar-refractivity contribution is 5.77. The van der Waals surface area contributed by atoms with Crippen LogP contribution in [0, 0.1) is 13.8 Å². The van der Waals surface area contributed by atoms with Crippen molar-refractivity contribution in [2.24, 2.45) is 0 Å². The van der Waals surface area contributed by atoms with Gasteiger partial charge in [-0.25, -0.2) is 0 Å². The molecule has 0 N–H and O–H groups in total. The lowest BCUT2D eigenvalue weighted by Crippen LogP contribution is -2.13. The Labute approximate surface area is 138 Å². The third kappa shape index (κ3) is 2.63. The molecule has 0 bridgehead atoms. The number of nitrogens with zero attached hydrogens (tertiary/aromatic N) is 1. The largest absolute Gasteiger partial charge is 0.341 e. The highest BCUT2D eigenvalue weighted by atomic mass is 15.2. The van der Waals surface area contributed by atoms with Gasteiger partial charge in [0.05, 0.1) is 0 Å². The van der Waals surface area contributed by atoms with E-state index >= 15 is 0 Å². The summed E-state index contributed by atoms with van der Waals surface area (Å²) in [5.74, 6) is 0. The molecule has 0 unspecified atom stereocenters. The zero-order chi connectivity index (χ0) is 15.8. The van der Waals surface area contributed by atoms with Crippen molar-refractivity contribution in [1.82, 2.24) is 0 Å². The van der Waals surface area contributed by atoms with E-state index in [2.05, 4.69) is 85.5 Å². The fourth-order valence-corrected chi connectivity index (χ4v) is 3.56. The molecular weight excluding hydrogens is 278 g/mol. The van der Waals surface area contributed by atoms with Gasteiger partial charge in [-0.2, -0.15) is 0 Å². The van der Waals surface area contributed by atoms with Gasteiger partial charge in [0, 0.05) is 17.9 Å². The van der Waals surface area contributed by atoms with E-state index in [9.17, 15) is 0 Å². The van der Waals surface area contributed by atoms with Gasteiger partial charge in [-0.15, -0.1) is 0 Å². The fourth-order valence-electron chi connectivity index (χ4n) is 3.56. The second-order valence-electron chi connectivity index (χ2n) is 6.46. The quantitative estimate of drug-likeness (QED) is 0.589. The predicted molar refractivity (Wildman–Crippen MR) is 98.5 cm³/mol. The van der Waals surface area contributed by atoms with Crippen molar-refractivity contribution in [3.05, 3.63) is 83.4 Å². The molecule has 4 rings (SSSR count). The highest BCUT2D eigenvalue weighted by Gasteiger charge is 2.21. The minimum absolute atomic E-state index is 1.07. The van der Waals surface area contributed by atoms with Gasteiger partial charge in [-0.05, 0) is 66.3 Å². The summed E-state index contributed by atoms with van der Waals surface area (Å²) < 4.78 is 0. The third-order valence-corrected chi connectivity index (χ3v) is 4.61. The van der Waals surface area contributed by atoms with Crippen molar-refractivity contribution < 1.29 is 0 Å². The van der Waals surface area contributed by atoms with Crippen molar-refractivity contribution in [1.29, 1.82) is 0 Å². The Morgan fingerprint density at radius 1 is 0.739 bits per heavy atom. The number of rotatable bonds is 2. The number of fused-ring (bicyclic) bond motifs is 1. The van der Waals surface area contributed by atoms with Gasteiger partial charge in [0.1, 0.15) is 0 Å². The first-order valence-electron chi connectivity index (χ1n) is 8.25. The molecule has 3 aromatic rings. The van der Waals surface area contributed by atoms with Gasteiger partial charge in [-0.3, -0.25) is 0 Å². The molecule has 0 saturated heterocycles. The summed E-state index contributed by atoms with van der Waals surface area (Å²) >= 11 is 0. The molecule has 0 spiro atoms. The SMILES string of the molecule is Cc1cc(C)cc(N2CCc3ccc(-c4ccccc4)cc32)c1. The van der Waals surface area contributed by atoms with Crippen molar-refractivity contribution in [3.63, 3.8) is 0 Å². The van der Waals surface area contributed by atoms with Crippen LogP contribution in [0.2, 0.25) is 0 Å². The second kappa shape index (κ2) is 5.58. The Balaban J connectivity index is 1.78. The molecule has 0 radical (unpaired) electrons. The van der Waals surface area contributed by atoms with E-state index in [1.54, 1.807) is 0 Å². The van der Waals surface area contributed by atoms with Crippen LogP contribution in [0.25, 0.3) is 11.1 Å². The van der Waals surface area contributed by atoms with Crippen LogP contribution in [-0.4, -0.2) is 6.54 Å². The highest BCUT2D eigenvalue weighted by Crippen LogP contribution is 2.38. The number of anilines is 2. The molecule has 0 aliphatic carbocycles. The van der Waals surface area contributed by atoms with Crippen molar-refractivity contribution in [2.45, 2.75) is 20.3 Å². The topological polar surface area (TPSA) is 3.24 Å². The predicted octanol–water partition coefficient (Wildman–Crippen LogP) is 5.66. The minimum Gasteiger partial charge on any atom is -0.341 e. The van der Waals surface area contributed by atoms with Crippen LogP contribution < -0.4 is 4.90 Å². The Morgan fingerprint density at radius 2 is 1.48 bits per heavy atom.